The fourth-order valence-corrected chi connectivity index (χ4v) is 0.640. The van der Waals surface area contributed by atoms with Crippen molar-refractivity contribution >= 4 is 8.03 Å². The first-order valence-electron chi connectivity index (χ1n) is 2.21. The summed E-state index contributed by atoms with van der Waals surface area (Å²) in [7, 11) is -2.97. The molecule has 0 aliphatic heterocycles. The molecule has 0 heterocycles. The van der Waals surface area contributed by atoms with Crippen LogP contribution in [0.4, 0.5) is 22.0 Å². The van der Waals surface area contributed by atoms with E-state index < -0.39 is 20.3 Å². The van der Waals surface area contributed by atoms with Crippen LogP contribution in [-0.4, -0.2) is 18.9 Å². The number of rotatable bonds is 2. The van der Waals surface area contributed by atoms with Gasteiger partial charge in [-0.15, -0.1) is 0 Å². The molecule has 0 aliphatic rings. The van der Waals surface area contributed by atoms with E-state index in [1.54, 1.807) is 0 Å². The van der Waals surface area contributed by atoms with Crippen LogP contribution in [0.15, 0.2) is 0 Å². The highest BCUT2D eigenvalue weighted by Crippen LogP contribution is 2.41. The van der Waals surface area contributed by atoms with E-state index in [2.05, 4.69) is 4.52 Å². The Labute approximate surface area is 59.2 Å². The monoisotopic (exact) mass is 197 g/mol. The molecule has 0 aromatic rings. The van der Waals surface area contributed by atoms with E-state index in [-0.39, 0.29) is 0 Å². The van der Waals surface area contributed by atoms with Crippen molar-refractivity contribution in [3.05, 3.63) is 0 Å². The van der Waals surface area contributed by atoms with Crippen LogP contribution in [0.2, 0.25) is 0 Å². The molecule has 0 saturated carbocycles. The number of halogens is 5. The number of alkyl halides is 5. The summed E-state index contributed by atoms with van der Waals surface area (Å²) in [4.78, 5) is 0. The third kappa shape index (κ3) is 3.07. The molecule has 0 amide bonds. The standard InChI is InChI=1S/C3H3F5O2P/c1-11(9)10-3(7,8)2(4,5)6/h1H3/q+1. The molecule has 0 saturated heterocycles. The Kier molecular flexibility index (Phi) is 2.91. The lowest BCUT2D eigenvalue weighted by Gasteiger charge is -2.11. The third-order valence-electron chi connectivity index (χ3n) is 0.573. The van der Waals surface area contributed by atoms with Crippen LogP contribution in [0.5, 0.6) is 0 Å². The lowest BCUT2D eigenvalue weighted by molar-refractivity contribution is -0.359. The van der Waals surface area contributed by atoms with Crippen LogP contribution < -0.4 is 0 Å². The SMILES string of the molecule is C[P+](=O)OC(F)(F)C(F)(F)F. The van der Waals surface area contributed by atoms with Crippen molar-refractivity contribution in [2.24, 2.45) is 0 Å². The molecule has 11 heavy (non-hydrogen) atoms. The lowest BCUT2D eigenvalue weighted by Crippen LogP contribution is -2.37. The van der Waals surface area contributed by atoms with Gasteiger partial charge in [0.25, 0.3) is 0 Å². The first-order valence-corrected chi connectivity index (χ1v) is 3.84. The van der Waals surface area contributed by atoms with Crippen molar-refractivity contribution in [2.45, 2.75) is 12.3 Å². The Bertz CT molecular complexity index is 164. The summed E-state index contributed by atoms with van der Waals surface area (Å²) in [5.41, 5.74) is 0. The first kappa shape index (κ1) is 10.7. The largest absolute Gasteiger partial charge is 0.511 e. The van der Waals surface area contributed by atoms with Crippen LogP contribution in [0.25, 0.3) is 0 Å². The van der Waals surface area contributed by atoms with Crippen LogP contribution >= 0.6 is 8.03 Å². The maximum absolute atomic E-state index is 11.7. The van der Waals surface area contributed by atoms with Crippen molar-refractivity contribution in [1.82, 2.24) is 0 Å². The summed E-state index contributed by atoms with van der Waals surface area (Å²) < 4.78 is 69.6. The summed E-state index contributed by atoms with van der Waals surface area (Å²) >= 11 is 0. The molecule has 0 aliphatic carbocycles. The van der Waals surface area contributed by atoms with Gasteiger partial charge in [-0.3, -0.25) is 0 Å². The molecular formula is C3H3F5O2P+. The molecule has 0 spiro atoms. The van der Waals surface area contributed by atoms with Crippen LogP contribution in [0.3, 0.4) is 0 Å². The van der Waals surface area contributed by atoms with Gasteiger partial charge in [0.1, 0.15) is 0 Å². The highest BCUT2D eigenvalue weighted by molar-refractivity contribution is 7.38. The van der Waals surface area contributed by atoms with Gasteiger partial charge in [0.15, 0.2) is 6.66 Å². The van der Waals surface area contributed by atoms with Gasteiger partial charge in [0.05, 0.1) is 0 Å². The molecule has 2 nitrogen and oxygen atoms in total. The molecule has 66 valence electrons. The molecule has 0 N–H and O–H groups in total. The normalized spacial score (nSPS) is 14.9. The average molecular weight is 197 g/mol. The van der Waals surface area contributed by atoms with Crippen molar-refractivity contribution in [3.8, 4) is 0 Å². The van der Waals surface area contributed by atoms with E-state index in [9.17, 15) is 26.5 Å². The maximum atomic E-state index is 11.7. The van der Waals surface area contributed by atoms with Crippen LogP contribution in [-0.2, 0) is 9.09 Å². The Morgan fingerprint density at radius 2 is 1.55 bits per heavy atom. The fourth-order valence-electron chi connectivity index (χ4n) is 0.213. The molecule has 1 unspecified atom stereocenters. The maximum Gasteiger partial charge on any atom is 0.511 e. The van der Waals surface area contributed by atoms with E-state index in [0.717, 1.165) is 0 Å². The van der Waals surface area contributed by atoms with Gasteiger partial charge in [-0.05, 0) is 4.57 Å². The van der Waals surface area contributed by atoms with Gasteiger partial charge in [-0.1, -0.05) is 4.52 Å². The van der Waals surface area contributed by atoms with Crippen LogP contribution in [0, 0.1) is 0 Å². The Balaban J connectivity index is 4.34. The van der Waals surface area contributed by atoms with Gasteiger partial charge >= 0.3 is 20.3 Å². The molecule has 0 aromatic heterocycles. The fraction of sp³-hybridized carbons (Fsp3) is 1.00. The summed E-state index contributed by atoms with van der Waals surface area (Å²) in [5, 5.41) is 0. The van der Waals surface area contributed by atoms with Crippen molar-refractivity contribution < 1.29 is 31.0 Å². The predicted octanol–water partition coefficient (Wildman–Crippen LogP) is 2.53. The summed E-state index contributed by atoms with van der Waals surface area (Å²) in [6.07, 6.45) is -11.1. The van der Waals surface area contributed by atoms with Gasteiger partial charge in [0, 0.05) is 0 Å². The van der Waals surface area contributed by atoms with E-state index in [1.807, 2.05) is 0 Å². The van der Waals surface area contributed by atoms with E-state index in [4.69, 9.17) is 0 Å². The highest BCUT2D eigenvalue weighted by Gasteiger charge is 2.64. The minimum absolute atomic E-state index is 0.606. The quantitative estimate of drug-likeness (QED) is 0.502. The number of hydrogen-bond acceptors (Lipinski definition) is 2. The second-order valence-corrected chi connectivity index (χ2v) is 2.61. The zero-order valence-electron chi connectivity index (χ0n) is 5.15. The van der Waals surface area contributed by atoms with Gasteiger partial charge in [-0.25, -0.2) is 0 Å². The van der Waals surface area contributed by atoms with Gasteiger partial charge < -0.3 is 0 Å². The molecule has 0 radical (unpaired) electrons. The predicted molar refractivity (Wildman–Crippen MR) is 25.6 cm³/mol. The lowest BCUT2D eigenvalue weighted by atomic mass is 10.6. The Morgan fingerprint density at radius 1 is 1.18 bits per heavy atom. The van der Waals surface area contributed by atoms with Gasteiger partial charge in [-0.2, -0.15) is 22.0 Å². The minimum Gasteiger partial charge on any atom is -0.163 e. The second kappa shape index (κ2) is 2.98. The topological polar surface area (TPSA) is 26.3 Å². The molecule has 0 bridgehead atoms. The average Bonchev–Trinajstić information content (AvgIpc) is 1.56. The summed E-state index contributed by atoms with van der Waals surface area (Å²) in [5.74, 6) is 0. The molecular weight excluding hydrogens is 194 g/mol. The smallest absolute Gasteiger partial charge is 0.163 e. The van der Waals surface area contributed by atoms with Crippen LogP contribution in [0.1, 0.15) is 0 Å². The Hall–Kier alpha value is -0.290. The minimum atomic E-state index is -5.81. The highest BCUT2D eigenvalue weighted by atomic mass is 31.1. The van der Waals surface area contributed by atoms with E-state index >= 15 is 0 Å². The second-order valence-electron chi connectivity index (χ2n) is 1.55. The van der Waals surface area contributed by atoms with Crippen molar-refractivity contribution in [2.75, 3.05) is 6.66 Å². The molecule has 1 atom stereocenters. The van der Waals surface area contributed by atoms with E-state index in [0.29, 0.717) is 6.66 Å². The summed E-state index contributed by atoms with van der Waals surface area (Å²) in [6, 6.07) is 0. The number of hydrogen-bond donors (Lipinski definition) is 0. The zero-order chi connectivity index (χ0) is 9.28. The first-order chi connectivity index (χ1) is 4.67. The van der Waals surface area contributed by atoms with E-state index in [1.165, 1.54) is 0 Å². The molecule has 0 aromatic carbocycles. The van der Waals surface area contributed by atoms with Crippen molar-refractivity contribution in [3.63, 3.8) is 0 Å². The Morgan fingerprint density at radius 3 is 1.64 bits per heavy atom. The summed E-state index contributed by atoms with van der Waals surface area (Å²) in [6.45, 7) is 0.606. The van der Waals surface area contributed by atoms with Gasteiger partial charge in [0.2, 0.25) is 0 Å². The molecule has 0 rings (SSSR count). The molecule has 0 fully saturated rings. The molecule has 8 heteroatoms. The third-order valence-corrected chi connectivity index (χ3v) is 1.06. The zero-order valence-corrected chi connectivity index (χ0v) is 6.05. The van der Waals surface area contributed by atoms with Crippen molar-refractivity contribution in [1.29, 1.82) is 0 Å².